The van der Waals surface area contributed by atoms with E-state index in [-0.39, 0.29) is 17.1 Å². The fraction of sp³-hybridized carbons (Fsp3) is 0. The first-order valence-corrected chi connectivity index (χ1v) is 12.4. The summed E-state index contributed by atoms with van der Waals surface area (Å²) in [7, 11) is 0. The smallest absolute Gasteiger partial charge is 0.117 e. The largest absolute Gasteiger partial charge is 0.352 e. The summed E-state index contributed by atoms with van der Waals surface area (Å²) >= 11 is 0. The molecule has 197 valence electrons. The van der Waals surface area contributed by atoms with Gasteiger partial charge in [-0.1, -0.05) is 0 Å². The molecule has 0 saturated heterocycles. The Hall–Kier alpha value is -5.52. The Bertz CT molecular complexity index is 2040. The van der Waals surface area contributed by atoms with E-state index < -0.39 is 0 Å². The fourth-order valence-electron chi connectivity index (χ4n) is 5.26. The van der Waals surface area contributed by atoms with Crippen LogP contribution in [0.25, 0.3) is 89.7 Å². The van der Waals surface area contributed by atoms with Crippen molar-refractivity contribution in [1.82, 2.24) is 59.8 Å². The van der Waals surface area contributed by atoms with Gasteiger partial charge in [-0.05, 0) is 24.3 Å². The first-order chi connectivity index (χ1) is 19.8. The van der Waals surface area contributed by atoms with E-state index in [1.165, 1.54) is 0 Å². The molecule has 2 aliphatic rings. The topological polar surface area (TPSA) is 160 Å². The number of aromatic nitrogens is 12. The van der Waals surface area contributed by atoms with E-state index >= 15 is 0 Å². The zero-order chi connectivity index (χ0) is 26.2. The van der Waals surface area contributed by atoms with E-state index in [0.29, 0.717) is 67.6 Å². The summed E-state index contributed by atoms with van der Waals surface area (Å²) in [6.45, 7) is 0. The van der Waals surface area contributed by atoms with Crippen LogP contribution in [0.1, 0.15) is 0 Å². The van der Waals surface area contributed by atoms with Crippen LogP contribution in [-0.4, -0.2) is 59.8 Å². The average molecular weight is 582 g/mol. The van der Waals surface area contributed by atoms with Gasteiger partial charge < -0.3 is 9.97 Å². The van der Waals surface area contributed by atoms with Crippen LogP contribution >= 0.6 is 0 Å². The molecule has 0 fully saturated rings. The summed E-state index contributed by atoms with van der Waals surface area (Å²) in [6, 6.07) is 7.68. The van der Waals surface area contributed by atoms with Crippen LogP contribution in [0, 0.1) is 0 Å². The van der Waals surface area contributed by atoms with Crippen molar-refractivity contribution in [2.24, 2.45) is 0 Å². The van der Waals surface area contributed by atoms with Crippen LogP contribution in [0.3, 0.4) is 0 Å². The molecule has 0 atom stereocenters. The summed E-state index contributed by atoms with van der Waals surface area (Å²) in [4.78, 5) is 53.6. The van der Waals surface area contributed by atoms with Gasteiger partial charge >= 0.3 is 0 Å². The van der Waals surface area contributed by atoms with Crippen molar-refractivity contribution in [3.05, 3.63) is 73.8 Å². The molecular formula is C28H14CuN12. The molecule has 41 heavy (non-hydrogen) atoms. The minimum Gasteiger partial charge on any atom is -0.352 e. The molecule has 9 rings (SSSR count). The molecule has 0 spiro atoms. The third kappa shape index (κ3) is 3.46. The van der Waals surface area contributed by atoms with Crippen LogP contribution in [0.2, 0.25) is 0 Å². The second-order valence-electron chi connectivity index (χ2n) is 9.26. The molecule has 9 heterocycles. The zero-order valence-electron chi connectivity index (χ0n) is 20.7. The summed E-state index contributed by atoms with van der Waals surface area (Å²) < 4.78 is 0. The molecule has 0 unspecified atom stereocenters. The number of rotatable bonds is 0. The van der Waals surface area contributed by atoms with Gasteiger partial charge in [0.1, 0.15) is 44.8 Å². The molecule has 0 amide bonds. The first-order valence-electron chi connectivity index (χ1n) is 12.4. The Balaban J connectivity index is 0.00000256. The van der Waals surface area contributed by atoms with Gasteiger partial charge in [0.2, 0.25) is 0 Å². The van der Waals surface area contributed by atoms with Gasteiger partial charge in [0.15, 0.2) is 0 Å². The van der Waals surface area contributed by atoms with Crippen molar-refractivity contribution in [3.8, 4) is 45.6 Å². The van der Waals surface area contributed by atoms with Crippen molar-refractivity contribution >= 4 is 44.1 Å². The Morgan fingerprint density at radius 3 is 0.854 bits per heavy atom. The number of nitrogens with zero attached hydrogens (tertiary/aromatic N) is 10. The van der Waals surface area contributed by atoms with Crippen LogP contribution in [-0.2, 0) is 17.1 Å². The maximum Gasteiger partial charge on any atom is 0.117 e. The van der Waals surface area contributed by atoms with Gasteiger partial charge in [0.05, 0.1) is 44.8 Å². The maximum absolute atomic E-state index is 4.93. The van der Waals surface area contributed by atoms with E-state index in [2.05, 4.69) is 49.8 Å². The SMILES string of the molecule is [Cu].c1cnc2c(n1)-c1cc3[nH]c(cc4nc(cc5[nH]c(cc-2n1)c1nccnc51)-c1nccnc1-4)c1nccnc31. The van der Waals surface area contributed by atoms with Gasteiger partial charge in [-0.15, -0.1) is 0 Å². The molecule has 12 nitrogen and oxygen atoms in total. The third-order valence-electron chi connectivity index (χ3n) is 6.93. The number of hydrogen-bond acceptors (Lipinski definition) is 10. The van der Waals surface area contributed by atoms with E-state index in [1.807, 2.05) is 24.3 Å². The van der Waals surface area contributed by atoms with Gasteiger partial charge in [-0.2, -0.15) is 0 Å². The molecule has 2 N–H and O–H groups in total. The van der Waals surface area contributed by atoms with Crippen molar-refractivity contribution < 1.29 is 17.1 Å². The molecular weight excluding hydrogens is 568 g/mol. The van der Waals surface area contributed by atoms with E-state index in [1.54, 1.807) is 49.6 Å². The van der Waals surface area contributed by atoms with E-state index in [0.717, 1.165) is 22.1 Å². The normalized spacial score (nSPS) is 11.7. The van der Waals surface area contributed by atoms with Crippen LogP contribution in [0.15, 0.2) is 73.8 Å². The minimum absolute atomic E-state index is 0. The molecule has 7 aromatic rings. The Kier molecular flexibility index (Phi) is 4.99. The Labute approximate surface area is 240 Å². The quantitative estimate of drug-likeness (QED) is 0.245. The van der Waals surface area contributed by atoms with Crippen LogP contribution in [0.4, 0.5) is 0 Å². The molecule has 7 aromatic heterocycles. The molecule has 0 saturated carbocycles. The van der Waals surface area contributed by atoms with Crippen molar-refractivity contribution in [3.63, 3.8) is 0 Å². The third-order valence-corrected chi connectivity index (χ3v) is 6.93. The first kappa shape index (κ1) is 23.4. The maximum atomic E-state index is 4.93. The van der Waals surface area contributed by atoms with Gasteiger partial charge in [-0.3, -0.25) is 39.9 Å². The number of aromatic amines is 2. The summed E-state index contributed by atoms with van der Waals surface area (Å²) in [5.41, 5.74) is 11.1. The second kappa shape index (κ2) is 8.74. The molecule has 13 heteroatoms. The minimum atomic E-state index is 0. The fourth-order valence-corrected chi connectivity index (χ4v) is 5.26. The molecule has 0 aromatic carbocycles. The number of nitrogens with one attached hydrogen (secondary N) is 2. The molecule has 0 aliphatic carbocycles. The van der Waals surface area contributed by atoms with Crippen molar-refractivity contribution in [2.45, 2.75) is 0 Å². The van der Waals surface area contributed by atoms with Crippen LogP contribution in [0.5, 0.6) is 0 Å². The summed E-state index contributed by atoms with van der Waals surface area (Å²) in [5.74, 6) is 0. The number of hydrogen-bond donors (Lipinski definition) is 2. The molecule has 1 radical (unpaired) electrons. The van der Waals surface area contributed by atoms with E-state index in [4.69, 9.17) is 9.97 Å². The van der Waals surface area contributed by atoms with Crippen molar-refractivity contribution in [2.75, 3.05) is 0 Å². The Morgan fingerprint density at radius 2 is 0.585 bits per heavy atom. The zero-order valence-corrected chi connectivity index (χ0v) is 21.6. The van der Waals surface area contributed by atoms with Crippen molar-refractivity contribution in [1.29, 1.82) is 0 Å². The van der Waals surface area contributed by atoms with Gasteiger partial charge in [0.25, 0.3) is 0 Å². The summed E-state index contributed by atoms with van der Waals surface area (Å²) in [6.07, 6.45) is 13.3. The molecule has 2 aliphatic heterocycles. The average Bonchev–Trinajstić information content (AvgIpc) is 3.73. The second-order valence-corrected chi connectivity index (χ2v) is 9.26. The number of fused-ring (bicyclic) bond motifs is 20. The van der Waals surface area contributed by atoms with Crippen LogP contribution < -0.4 is 0 Å². The standard InChI is InChI=1S/C28H14N12.Cu/c1-2-30-22-14-10-16-24-26(34-6-5-32-24)18(39-16)12-20-28-27(35-7-8-36-28)19(40-20)11-17-25-23(31-3-4-33-25)15(38-17)9-13(37-14)21(22)29-1;/h1-12,37,40H;. The Morgan fingerprint density at radius 1 is 0.341 bits per heavy atom. The van der Waals surface area contributed by atoms with E-state index in [9.17, 15) is 0 Å². The predicted octanol–water partition coefficient (Wildman–Crippen LogP) is 4.45. The molecule has 8 bridgehead atoms. The van der Waals surface area contributed by atoms with Gasteiger partial charge in [0, 0.05) is 66.6 Å². The predicted molar refractivity (Wildman–Crippen MR) is 147 cm³/mol. The number of H-pyrrole nitrogens is 2. The van der Waals surface area contributed by atoms with Gasteiger partial charge in [-0.25, -0.2) is 9.97 Å². The monoisotopic (exact) mass is 581 g/mol. The summed E-state index contributed by atoms with van der Waals surface area (Å²) in [5, 5.41) is 0.